The van der Waals surface area contributed by atoms with E-state index in [2.05, 4.69) is 10.6 Å². The fraction of sp³-hybridized carbons (Fsp3) is 0.261. The number of benzene rings is 2. The molecule has 2 aromatic rings. The molecule has 30 heavy (non-hydrogen) atoms. The maximum Gasteiger partial charge on any atom is 0.331 e. The van der Waals surface area contributed by atoms with Gasteiger partial charge in [-0.3, -0.25) is 9.59 Å². The lowest BCUT2D eigenvalue weighted by molar-refractivity contribution is -0.142. The van der Waals surface area contributed by atoms with Crippen LogP contribution in [0.25, 0.3) is 6.08 Å². The first-order chi connectivity index (χ1) is 14.4. The normalized spacial score (nSPS) is 10.7. The zero-order valence-electron chi connectivity index (χ0n) is 17.3. The average molecular weight is 410 g/mol. The van der Waals surface area contributed by atoms with Crippen LogP contribution in [0.1, 0.15) is 29.8 Å². The number of methoxy groups -OCH3 is 1. The van der Waals surface area contributed by atoms with Gasteiger partial charge >= 0.3 is 5.97 Å². The molecular formula is C23H26N2O5. The van der Waals surface area contributed by atoms with Crippen molar-refractivity contribution in [3.8, 4) is 5.75 Å². The molecule has 158 valence electrons. The molecule has 0 spiro atoms. The van der Waals surface area contributed by atoms with Crippen molar-refractivity contribution in [1.29, 1.82) is 0 Å². The second-order valence-electron chi connectivity index (χ2n) is 6.88. The van der Waals surface area contributed by atoms with Gasteiger partial charge in [0.1, 0.15) is 5.75 Å². The standard InChI is InChI=1S/C23H26N2O5/c1-16(2)14-24-23(28)18-9-5-6-10-19(18)25-21(26)15-30-22(27)13-12-17-8-4-7-11-20(17)29-3/h4-13,16H,14-15H2,1-3H3,(H,24,28)(H,25,26)/b13-12+. The number of esters is 1. The second kappa shape index (κ2) is 11.4. The molecule has 0 bridgehead atoms. The zero-order valence-corrected chi connectivity index (χ0v) is 17.3. The topological polar surface area (TPSA) is 93.7 Å². The summed E-state index contributed by atoms with van der Waals surface area (Å²) in [5, 5.41) is 5.41. The van der Waals surface area contributed by atoms with Crippen LogP contribution in [0.3, 0.4) is 0 Å². The molecule has 0 radical (unpaired) electrons. The summed E-state index contributed by atoms with van der Waals surface area (Å²) >= 11 is 0. The van der Waals surface area contributed by atoms with Crippen molar-refractivity contribution in [2.45, 2.75) is 13.8 Å². The summed E-state index contributed by atoms with van der Waals surface area (Å²) in [6, 6.07) is 13.8. The summed E-state index contributed by atoms with van der Waals surface area (Å²) in [4.78, 5) is 36.4. The largest absolute Gasteiger partial charge is 0.496 e. The number of para-hydroxylation sites is 2. The van der Waals surface area contributed by atoms with Crippen LogP contribution in [0.15, 0.2) is 54.6 Å². The monoisotopic (exact) mass is 410 g/mol. The van der Waals surface area contributed by atoms with Crippen LogP contribution in [-0.4, -0.2) is 38.0 Å². The number of rotatable bonds is 9. The Balaban J connectivity index is 1.91. The molecule has 0 aromatic heterocycles. The van der Waals surface area contributed by atoms with Crippen molar-refractivity contribution < 1.29 is 23.9 Å². The van der Waals surface area contributed by atoms with Crippen molar-refractivity contribution in [2.75, 3.05) is 25.6 Å². The predicted octanol–water partition coefficient (Wildman–Crippen LogP) is 3.28. The van der Waals surface area contributed by atoms with Gasteiger partial charge in [0.05, 0.1) is 18.4 Å². The summed E-state index contributed by atoms with van der Waals surface area (Å²) < 4.78 is 10.2. The number of carbonyl (C=O) groups is 3. The molecule has 2 amide bonds. The lowest BCUT2D eigenvalue weighted by Gasteiger charge is -2.12. The number of carbonyl (C=O) groups excluding carboxylic acids is 3. The molecule has 0 unspecified atom stereocenters. The van der Waals surface area contributed by atoms with E-state index >= 15 is 0 Å². The minimum atomic E-state index is -0.668. The lowest BCUT2D eigenvalue weighted by atomic mass is 10.1. The van der Waals surface area contributed by atoms with Gasteiger partial charge in [-0.15, -0.1) is 0 Å². The SMILES string of the molecule is COc1ccccc1/C=C/C(=O)OCC(=O)Nc1ccccc1C(=O)NCC(C)C. The summed E-state index contributed by atoms with van der Waals surface area (Å²) in [5.41, 5.74) is 1.40. The molecule has 0 aliphatic carbocycles. The highest BCUT2D eigenvalue weighted by atomic mass is 16.5. The highest BCUT2D eigenvalue weighted by Crippen LogP contribution is 2.18. The minimum Gasteiger partial charge on any atom is -0.496 e. The Morgan fingerprint density at radius 3 is 2.47 bits per heavy atom. The first-order valence-corrected chi connectivity index (χ1v) is 9.55. The van der Waals surface area contributed by atoms with Crippen molar-refractivity contribution in [3.63, 3.8) is 0 Å². The van der Waals surface area contributed by atoms with Crippen molar-refractivity contribution in [1.82, 2.24) is 5.32 Å². The zero-order chi connectivity index (χ0) is 21.9. The third-order valence-electron chi connectivity index (χ3n) is 4.00. The molecule has 2 aromatic carbocycles. The number of nitrogens with one attached hydrogen (secondary N) is 2. The molecule has 0 aliphatic rings. The fourth-order valence-corrected chi connectivity index (χ4v) is 2.52. The van der Waals surface area contributed by atoms with Gasteiger partial charge < -0.3 is 20.1 Å². The molecule has 0 saturated carbocycles. The van der Waals surface area contributed by atoms with Crippen LogP contribution in [0.5, 0.6) is 5.75 Å². The summed E-state index contributed by atoms with van der Waals surface area (Å²) in [7, 11) is 1.54. The molecule has 7 nitrogen and oxygen atoms in total. The summed E-state index contributed by atoms with van der Waals surface area (Å²) in [6.45, 7) is 4.03. The van der Waals surface area contributed by atoms with Crippen LogP contribution in [0, 0.1) is 5.92 Å². The molecular weight excluding hydrogens is 384 g/mol. The van der Waals surface area contributed by atoms with Crippen molar-refractivity contribution in [3.05, 3.63) is 65.7 Å². The number of amides is 2. The van der Waals surface area contributed by atoms with Crippen molar-refractivity contribution >= 4 is 29.5 Å². The van der Waals surface area contributed by atoms with Gasteiger partial charge in [-0.1, -0.05) is 44.2 Å². The highest BCUT2D eigenvalue weighted by Gasteiger charge is 2.14. The Bertz CT molecular complexity index is 921. The Morgan fingerprint density at radius 1 is 1.03 bits per heavy atom. The van der Waals surface area contributed by atoms with E-state index in [9.17, 15) is 14.4 Å². The van der Waals surface area contributed by atoms with E-state index in [4.69, 9.17) is 9.47 Å². The van der Waals surface area contributed by atoms with Crippen LogP contribution in [-0.2, 0) is 14.3 Å². The van der Waals surface area contributed by atoms with Crippen LogP contribution in [0.4, 0.5) is 5.69 Å². The van der Waals surface area contributed by atoms with Gasteiger partial charge in [-0.25, -0.2) is 4.79 Å². The Hall–Kier alpha value is -3.61. The van der Waals surface area contributed by atoms with E-state index in [0.717, 1.165) is 0 Å². The van der Waals surface area contributed by atoms with E-state index in [1.165, 1.54) is 13.2 Å². The summed E-state index contributed by atoms with van der Waals surface area (Å²) in [5.74, 6) is -0.570. The third-order valence-corrected chi connectivity index (χ3v) is 4.00. The van der Waals surface area contributed by atoms with Gasteiger partial charge in [-0.05, 0) is 30.2 Å². The first kappa shape index (κ1) is 22.7. The fourth-order valence-electron chi connectivity index (χ4n) is 2.52. The van der Waals surface area contributed by atoms with Gasteiger partial charge in [0.25, 0.3) is 11.8 Å². The highest BCUT2D eigenvalue weighted by molar-refractivity contribution is 6.04. The van der Waals surface area contributed by atoms with Gasteiger partial charge in [0, 0.05) is 18.2 Å². The minimum absolute atomic E-state index is 0.281. The van der Waals surface area contributed by atoms with Crippen LogP contribution < -0.4 is 15.4 Å². The number of hydrogen-bond acceptors (Lipinski definition) is 5. The number of hydrogen-bond donors (Lipinski definition) is 2. The molecule has 0 atom stereocenters. The Morgan fingerprint density at radius 2 is 1.73 bits per heavy atom. The molecule has 2 N–H and O–H groups in total. The third kappa shape index (κ3) is 7.09. The summed E-state index contributed by atoms with van der Waals surface area (Å²) in [6.07, 6.45) is 2.77. The van der Waals surface area contributed by atoms with E-state index < -0.39 is 18.5 Å². The molecule has 7 heteroatoms. The molecule has 0 fully saturated rings. The maximum atomic E-state index is 12.3. The van der Waals surface area contributed by atoms with Gasteiger partial charge in [0.15, 0.2) is 6.61 Å². The molecule has 0 saturated heterocycles. The van der Waals surface area contributed by atoms with Crippen LogP contribution in [0.2, 0.25) is 0 Å². The van der Waals surface area contributed by atoms with Crippen LogP contribution >= 0.6 is 0 Å². The van der Waals surface area contributed by atoms with E-state index in [-0.39, 0.29) is 5.91 Å². The van der Waals surface area contributed by atoms with Gasteiger partial charge in [-0.2, -0.15) is 0 Å². The van der Waals surface area contributed by atoms with Crippen molar-refractivity contribution in [2.24, 2.45) is 5.92 Å². The number of anilines is 1. The number of ether oxygens (including phenoxy) is 2. The van der Waals surface area contributed by atoms with E-state index in [0.29, 0.717) is 35.0 Å². The van der Waals surface area contributed by atoms with Gasteiger partial charge in [0.2, 0.25) is 0 Å². The molecule has 0 heterocycles. The molecule has 0 aliphatic heterocycles. The smallest absolute Gasteiger partial charge is 0.331 e. The Kier molecular flexibility index (Phi) is 8.62. The predicted molar refractivity (Wildman–Crippen MR) is 115 cm³/mol. The van der Waals surface area contributed by atoms with E-state index in [1.54, 1.807) is 42.5 Å². The maximum absolute atomic E-state index is 12.3. The molecule has 2 rings (SSSR count). The second-order valence-corrected chi connectivity index (χ2v) is 6.88. The average Bonchev–Trinajstić information content (AvgIpc) is 2.75. The Labute approximate surface area is 176 Å². The lowest BCUT2D eigenvalue weighted by Crippen LogP contribution is -2.29. The quantitative estimate of drug-likeness (QED) is 0.489. The first-order valence-electron chi connectivity index (χ1n) is 9.55. The van der Waals surface area contributed by atoms with E-state index in [1.807, 2.05) is 26.0 Å².